The van der Waals surface area contributed by atoms with Crippen LogP contribution in [-0.4, -0.2) is 125 Å². The second-order valence-corrected chi connectivity index (χ2v) is 15.3. The molecule has 23 heteroatoms. The van der Waals surface area contributed by atoms with Gasteiger partial charge >= 0.3 is 17.7 Å². The summed E-state index contributed by atoms with van der Waals surface area (Å²) in [6.07, 6.45) is 3.47. The number of fused-ring (bicyclic) bond motifs is 1. The van der Waals surface area contributed by atoms with Gasteiger partial charge in [-0.1, -0.05) is 45.4 Å². The van der Waals surface area contributed by atoms with E-state index in [4.69, 9.17) is 19.9 Å². The molecule has 2 aromatic carbocycles. The van der Waals surface area contributed by atoms with Crippen LogP contribution in [0.4, 0.5) is 14.6 Å². The first-order valence-corrected chi connectivity index (χ1v) is 21.5. The molecule has 2 aromatic heterocycles. The number of imidazole rings is 1. The molecule has 2 heterocycles. The Bertz CT molecular complexity index is 2430. The van der Waals surface area contributed by atoms with Crippen molar-refractivity contribution >= 4 is 58.6 Å². The number of benzene rings is 2. The zero-order chi connectivity index (χ0) is 48.9. The number of carboxylic acid groups (broad SMARTS) is 1. The number of aromatic amines is 1. The predicted molar refractivity (Wildman–Crippen MR) is 239 cm³/mol. The number of hydrogen-bond acceptors (Lipinski definition) is 13. The minimum atomic E-state index is -1.45. The maximum Gasteiger partial charge on any atom is 0.328 e. The molecule has 0 bridgehead atoms. The summed E-state index contributed by atoms with van der Waals surface area (Å²) < 4.78 is 44.4. The third-order valence-electron chi connectivity index (χ3n) is 9.72. The van der Waals surface area contributed by atoms with Crippen LogP contribution in [0.3, 0.4) is 0 Å². The molecule has 0 aliphatic heterocycles. The predicted octanol–water partition coefficient (Wildman–Crippen LogP) is 1.41. The van der Waals surface area contributed by atoms with Crippen molar-refractivity contribution in [1.82, 2.24) is 46.1 Å². The van der Waals surface area contributed by atoms with Crippen molar-refractivity contribution in [1.29, 1.82) is 0 Å². The van der Waals surface area contributed by atoms with E-state index < -0.39 is 71.5 Å². The molecular formula is C44H56F2N10O11. The van der Waals surface area contributed by atoms with Crippen molar-refractivity contribution in [2.24, 2.45) is 5.92 Å². The summed E-state index contributed by atoms with van der Waals surface area (Å²) in [4.78, 5) is 98.5. The van der Waals surface area contributed by atoms with Crippen LogP contribution >= 0.6 is 0 Å². The highest BCUT2D eigenvalue weighted by molar-refractivity contribution is 5.96. The topological polar surface area (TPSA) is 300 Å². The van der Waals surface area contributed by atoms with E-state index in [2.05, 4.69) is 41.5 Å². The van der Waals surface area contributed by atoms with Gasteiger partial charge < -0.3 is 56.6 Å². The fourth-order valence-corrected chi connectivity index (χ4v) is 6.07. The Morgan fingerprint density at radius 2 is 1.58 bits per heavy atom. The van der Waals surface area contributed by atoms with Gasteiger partial charge in [-0.3, -0.25) is 28.5 Å². The van der Waals surface area contributed by atoms with Gasteiger partial charge in [-0.05, 0) is 60.2 Å². The number of unbranched alkanes of at least 4 members (excludes halogenated alkanes) is 1. The molecule has 0 saturated heterocycles. The van der Waals surface area contributed by atoms with Crippen LogP contribution in [0, 0.1) is 17.6 Å². The SMILES string of the molecule is CCCCOc1nc(N)c2[nH]c(=O)n(Cc3ccc(C(=O)NCCOCCOCCNC(=O)CC[C@@H](NC(=O)[C@@H](NC(=O)CNC(=O)/C=C/c4ccc(F)c(F)c4)C(C)C)C(=O)O)cc3)c2n1. The number of H-pyrrole nitrogens is 1. The van der Waals surface area contributed by atoms with E-state index in [9.17, 15) is 47.4 Å². The Morgan fingerprint density at radius 1 is 0.881 bits per heavy atom. The molecule has 67 heavy (non-hydrogen) atoms. The van der Waals surface area contributed by atoms with E-state index in [1.807, 2.05) is 6.92 Å². The number of carbonyl (C=O) groups excluding carboxylic acids is 5. The number of aromatic nitrogens is 4. The van der Waals surface area contributed by atoms with Gasteiger partial charge in [0, 0.05) is 31.1 Å². The van der Waals surface area contributed by atoms with Gasteiger partial charge in [0.15, 0.2) is 23.1 Å². The van der Waals surface area contributed by atoms with Gasteiger partial charge in [0.05, 0.1) is 46.1 Å². The Hall–Kier alpha value is -7.27. The standard InChI is InChI=1S/C44H56F2N10O11/c1-4-5-18-67-43-54-38(47)37-39(55-43)56(44(64)53-37)25-28-6-10-29(11-7-28)40(60)49-17-20-66-22-21-65-19-16-48-33(57)15-13-32(42(62)63)51-41(61)36(26(2)3)52-35(59)24-50-34(58)14-9-27-8-12-30(45)31(46)23-27/h6-12,14,23,26,32,36H,4-5,13,15-22,24-25H2,1-3H3,(H,48,57)(H,49,60)(H,50,58)(H,51,61)(H,52,59)(H,53,64)(H,62,63)(H2,47,54,55)/b14-9+/t32-,36+/m1/s1. The average Bonchev–Trinajstić information content (AvgIpc) is 3.61. The second-order valence-electron chi connectivity index (χ2n) is 15.3. The highest BCUT2D eigenvalue weighted by Gasteiger charge is 2.29. The van der Waals surface area contributed by atoms with Gasteiger partial charge in [0.25, 0.3) is 5.91 Å². The molecule has 0 spiro atoms. The van der Waals surface area contributed by atoms with E-state index in [1.165, 1.54) is 16.7 Å². The molecule has 4 aromatic rings. The Kier molecular flexibility index (Phi) is 20.8. The van der Waals surface area contributed by atoms with Crippen LogP contribution in [0.5, 0.6) is 6.01 Å². The van der Waals surface area contributed by atoms with Crippen molar-refractivity contribution in [2.45, 2.75) is 65.1 Å². The Labute approximate surface area is 383 Å². The highest BCUT2D eigenvalue weighted by Crippen LogP contribution is 2.19. The number of aliphatic carboxylic acids is 1. The van der Waals surface area contributed by atoms with Crippen molar-refractivity contribution < 1.29 is 56.9 Å². The maximum atomic E-state index is 13.4. The number of amides is 5. The minimum Gasteiger partial charge on any atom is -0.480 e. The van der Waals surface area contributed by atoms with Crippen molar-refractivity contribution in [3.05, 3.63) is 87.3 Å². The Morgan fingerprint density at radius 3 is 2.24 bits per heavy atom. The number of nitrogens with two attached hydrogens (primary N) is 1. The number of nitrogens with one attached hydrogen (secondary N) is 6. The molecule has 362 valence electrons. The number of hydrogen-bond donors (Lipinski definition) is 8. The number of carboxylic acids is 1. The smallest absolute Gasteiger partial charge is 0.328 e. The molecule has 4 rings (SSSR count). The highest BCUT2D eigenvalue weighted by atomic mass is 19.2. The van der Waals surface area contributed by atoms with Crippen LogP contribution in [0.15, 0.2) is 53.3 Å². The molecule has 0 unspecified atom stereocenters. The number of carbonyl (C=O) groups is 6. The number of ether oxygens (including phenoxy) is 3. The van der Waals surface area contributed by atoms with Crippen LogP contribution in [0.25, 0.3) is 17.2 Å². The van der Waals surface area contributed by atoms with Crippen LogP contribution < -0.4 is 42.7 Å². The molecule has 21 nitrogen and oxygen atoms in total. The molecular weight excluding hydrogens is 883 g/mol. The summed E-state index contributed by atoms with van der Waals surface area (Å²) in [6.45, 7) is 6.38. The lowest BCUT2D eigenvalue weighted by Gasteiger charge is -2.24. The van der Waals surface area contributed by atoms with Gasteiger partial charge in [-0.2, -0.15) is 9.97 Å². The van der Waals surface area contributed by atoms with Gasteiger partial charge in [0.2, 0.25) is 23.6 Å². The molecule has 9 N–H and O–H groups in total. The molecule has 0 fully saturated rings. The summed E-state index contributed by atoms with van der Waals surface area (Å²) in [5, 5.41) is 22.1. The van der Waals surface area contributed by atoms with Crippen LogP contribution in [0.2, 0.25) is 0 Å². The first-order chi connectivity index (χ1) is 32.1. The summed E-state index contributed by atoms with van der Waals surface area (Å²) in [5.74, 6) is -7.01. The van der Waals surface area contributed by atoms with E-state index in [0.717, 1.165) is 36.6 Å². The van der Waals surface area contributed by atoms with E-state index in [0.29, 0.717) is 23.3 Å². The van der Waals surface area contributed by atoms with Gasteiger partial charge in [-0.15, -0.1) is 0 Å². The summed E-state index contributed by atoms with van der Waals surface area (Å²) in [7, 11) is 0. The van der Waals surface area contributed by atoms with Crippen molar-refractivity contribution in [2.75, 3.05) is 58.4 Å². The monoisotopic (exact) mass is 938 g/mol. The van der Waals surface area contributed by atoms with Crippen molar-refractivity contribution in [3.8, 4) is 6.01 Å². The fourth-order valence-electron chi connectivity index (χ4n) is 6.07. The third kappa shape index (κ3) is 17.2. The maximum absolute atomic E-state index is 13.4. The Balaban J connectivity index is 1.06. The summed E-state index contributed by atoms with van der Waals surface area (Å²) in [5.41, 5.74) is 7.58. The van der Waals surface area contributed by atoms with E-state index in [1.54, 1.807) is 38.1 Å². The van der Waals surface area contributed by atoms with Gasteiger partial charge in [-0.25, -0.2) is 18.4 Å². The molecule has 0 saturated carbocycles. The zero-order valence-electron chi connectivity index (χ0n) is 37.3. The quantitative estimate of drug-likeness (QED) is 0.0295. The largest absolute Gasteiger partial charge is 0.480 e. The zero-order valence-corrected chi connectivity index (χ0v) is 37.3. The first kappa shape index (κ1) is 52.4. The lowest BCUT2D eigenvalue weighted by Crippen LogP contribution is -2.55. The van der Waals surface area contributed by atoms with Crippen LogP contribution in [0.1, 0.15) is 67.9 Å². The third-order valence-corrected chi connectivity index (χ3v) is 9.72. The summed E-state index contributed by atoms with van der Waals surface area (Å²) in [6, 6.07) is 7.22. The lowest BCUT2D eigenvalue weighted by atomic mass is 10.0. The summed E-state index contributed by atoms with van der Waals surface area (Å²) >= 11 is 0. The lowest BCUT2D eigenvalue weighted by molar-refractivity contribution is -0.142. The minimum absolute atomic E-state index is 0.0832. The molecule has 0 radical (unpaired) electrons. The second kappa shape index (κ2) is 26.6. The average molecular weight is 939 g/mol. The molecule has 0 aliphatic rings. The number of nitrogen functional groups attached to an aromatic ring is 1. The number of anilines is 1. The number of halogens is 2. The first-order valence-electron chi connectivity index (χ1n) is 21.5. The van der Waals surface area contributed by atoms with Gasteiger partial charge in [0.1, 0.15) is 17.6 Å². The number of rotatable bonds is 28. The molecule has 2 atom stereocenters. The normalized spacial score (nSPS) is 12.1. The molecule has 5 amide bonds. The molecule has 0 aliphatic carbocycles. The van der Waals surface area contributed by atoms with E-state index in [-0.39, 0.29) is 82.2 Å². The van der Waals surface area contributed by atoms with Crippen LogP contribution in [-0.2, 0) is 40.0 Å². The number of nitrogens with zero attached hydrogens (tertiary/aromatic N) is 3. The van der Waals surface area contributed by atoms with E-state index >= 15 is 0 Å². The fraction of sp³-hybridized carbons (Fsp3) is 0.432. The van der Waals surface area contributed by atoms with Crippen molar-refractivity contribution in [3.63, 3.8) is 0 Å².